The molecule has 7 nitrogen and oxygen atoms in total. The zero-order chi connectivity index (χ0) is 23.2. The first-order valence-corrected chi connectivity index (χ1v) is 10.1. The van der Waals surface area contributed by atoms with E-state index >= 15 is 0 Å². The molecule has 2 N–H and O–H groups in total. The van der Waals surface area contributed by atoms with Gasteiger partial charge < -0.3 is 0 Å². The van der Waals surface area contributed by atoms with Crippen LogP contribution in [-0.4, -0.2) is 21.6 Å². The monoisotopic (exact) mass is 442 g/mol. The maximum Gasteiger partial charge on any atom is 0.290 e. The Hall–Kier alpha value is -4.59. The minimum atomic E-state index is -0.680. The Bertz CT molecular complexity index is 1410. The second-order valence-corrected chi connectivity index (χ2v) is 7.17. The normalized spacial score (nSPS) is 10.9. The highest BCUT2D eigenvalue weighted by Crippen LogP contribution is 2.14. The van der Waals surface area contributed by atoms with Gasteiger partial charge in [-0.2, -0.15) is 5.10 Å². The number of amides is 2. The van der Waals surface area contributed by atoms with Crippen molar-refractivity contribution < 1.29 is 14.0 Å². The van der Waals surface area contributed by atoms with Crippen LogP contribution in [0, 0.1) is 5.82 Å². The van der Waals surface area contributed by atoms with Gasteiger partial charge in [0, 0.05) is 11.5 Å². The van der Waals surface area contributed by atoms with E-state index in [-0.39, 0.29) is 17.8 Å². The number of hydrogen-bond donors (Lipinski definition) is 2. The van der Waals surface area contributed by atoms with Gasteiger partial charge in [-0.3, -0.25) is 25.2 Å². The molecule has 0 aliphatic rings. The van der Waals surface area contributed by atoms with Crippen molar-refractivity contribution >= 4 is 28.7 Å². The Balaban J connectivity index is 1.55. The molecule has 164 valence electrons. The highest BCUT2D eigenvalue weighted by molar-refractivity contribution is 6.05. The van der Waals surface area contributed by atoms with E-state index in [1.54, 1.807) is 30.3 Å². The molecule has 33 heavy (non-hydrogen) atoms. The van der Waals surface area contributed by atoms with Gasteiger partial charge in [-0.15, -0.1) is 0 Å². The number of rotatable bonds is 5. The summed E-state index contributed by atoms with van der Waals surface area (Å²) in [5.41, 5.74) is 5.59. The van der Waals surface area contributed by atoms with Crippen molar-refractivity contribution in [1.82, 2.24) is 20.6 Å². The van der Waals surface area contributed by atoms with E-state index in [0.29, 0.717) is 16.3 Å². The molecule has 0 aliphatic carbocycles. The number of carbonyl (C=O) groups is 2. The molecular weight excluding hydrogens is 423 g/mol. The summed E-state index contributed by atoms with van der Waals surface area (Å²) in [5.74, 6) is -1.72. The van der Waals surface area contributed by atoms with Crippen molar-refractivity contribution in [1.29, 1.82) is 0 Å². The van der Waals surface area contributed by atoms with Crippen molar-refractivity contribution in [2.45, 2.75) is 6.54 Å². The van der Waals surface area contributed by atoms with Crippen molar-refractivity contribution in [3.8, 4) is 0 Å². The van der Waals surface area contributed by atoms with Gasteiger partial charge in [0.05, 0.1) is 11.9 Å². The highest BCUT2D eigenvalue weighted by Gasteiger charge is 2.17. The molecule has 3 aromatic carbocycles. The molecule has 0 aliphatic heterocycles. The average Bonchev–Trinajstić information content (AvgIpc) is 2.84. The topological polar surface area (TPSA) is 93.1 Å². The minimum absolute atomic E-state index is 0.00413. The van der Waals surface area contributed by atoms with Crippen molar-refractivity contribution in [3.05, 3.63) is 118 Å². The Morgan fingerprint density at radius 2 is 1.64 bits per heavy atom. The zero-order valence-electron chi connectivity index (χ0n) is 17.4. The number of hydrogen-bond acceptors (Lipinski definition) is 4. The summed E-state index contributed by atoms with van der Waals surface area (Å²) in [6, 6.07) is 21.7. The predicted molar refractivity (Wildman–Crippen MR) is 123 cm³/mol. The van der Waals surface area contributed by atoms with E-state index < -0.39 is 17.6 Å². The lowest BCUT2D eigenvalue weighted by Gasteiger charge is -2.11. The first-order chi connectivity index (χ1) is 16.0. The van der Waals surface area contributed by atoms with Gasteiger partial charge >= 0.3 is 0 Å². The molecule has 0 unspecified atom stereocenters. The van der Waals surface area contributed by atoms with Crippen LogP contribution in [0.1, 0.15) is 21.6 Å². The number of aromatic nitrogens is 2. The Morgan fingerprint density at radius 3 is 2.39 bits per heavy atom. The molecule has 1 aromatic heterocycles. The van der Waals surface area contributed by atoms with Gasteiger partial charge in [0.15, 0.2) is 5.69 Å². The third-order valence-electron chi connectivity index (χ3n) is 4.83. The van der Waals surface area contributed by atoms with Crippen LogP contribution in [-0.2, 0) is 11.3 Å². The zero-order valence-corrected chi connectivity index (χ0v) is 17.4. The van der Waals surface area contributed by atoms with Crippen LogP contribution in [0.25, 0.3) is 16.8 Å². The van der Waals surface area contributed by atoms with Crippen LogP contribution in [0.5, 0.6) is 0 Å². The lowest BCUT2D eigenvalue weighted by Crippen LogP contribution is -2.42. The maximum atomic E-state index is 13.2. The number of carbonyl (C=O) groups excluding carboxylic acids is 2. The summed E-state index contributed by atoms with van der Waals surface area (Å²) in [5, 5.41) is 4.97. The third kappa shape index (κ3) is 5.19. The fourth-order valence-electron chi connectivity index (χ4n) is 3.27. The standard InChI is InChI=1S/C25H19FN4O3/c26-19-10-6-9-17(15-19)13-14-22(31)27-28-24(32)23-20-11-4-5-12-21(20)25(33)30(29-23)16-18-7-2-1-3-8-18/h1-15H,16H2,(H,27,31)(H,28,32)/b14-13+. The summed E-state index contributed by atoms with van der Waals surface area (Å²) < 4.78 is 14.5. The molecule has 0 saturated heterocycles. The van der Waals surface area contributed by atoms with Crippen LogP contribution in [0.4, 0.5) is 4.39 Å². The molecule has 1 heterocycles. The van der Waals surface area contributed by atoms with Crippen LogP contribution in [0.15, 0.2) is 89.7 Å². The molecule has 4 aromatic rings. The van der Waals surface area contributed by atoms with E-state index in [2.05, 4.69) is 16.0 Å². The molecular formula is C25H19FN4O3. The molecule has 0 bridgehead atoms. The SMILES string of the molecule is O=C(/C=C/c1cccc(F)c1)NNC(=O)c1nn(Cc2ccccc2)c(=O)c2ccccc12. The van der Waals surface area contributed by atoms with Crippen LogP contribution < -0.4 is 16.4 Å². The number of benzene rings is 3. The largest absolute Gasteiger partial charge is 0.290 e. The van der Waals surface area contributed by atoms with Crippen molar-refractivity contribution in [2.75, 3.05) is 0 Å². The van der Waals surface area contributed by atoms with Gasteiger partial charge in [0.1, 0.15) is 5.82 Å². The predicted octanol–water partition coefficient (Wildman–Crippen LogP) is 3.06. The Morgan fingerprint density at radius 1 is 0.909 bits per heavy atom. The van der Waals surface area contributed by atoms with Crippen LogP contribution in [0.2, 0.25) is 0 Å². The van der Waals surface area contributed by atoms with Gasteiger partial charge in [-0.25, -0.2) is 9.07 Å². The first kappa shape index (κ1) is 21.6. The minimum Gasteiger partial charge on any atom is -0.268 e. The highest BCUT2D eigenvalue weighted by atomic mass is 19.1. The number of hydrazine groups is 1. The smallest absolute Gasteiger partial charge is 0.268 e. The molecule has 0 radical (unpaired) electrons. The lowest BCUT2D eigenvalue weighted by atomic mass is 10.1. The summed E-state index contributed by atoms with van der Waals surface area (Å²) in [4.78, 5) is 37.8. The van der Waals surface area contributed by atoms with E-state index in [9.17, 15) is 18.8 Å². The Labute approximate surface area is 188 Å². The quantitative estimate of drug-likeness (QED) is 0.367. The summed E-state index contributed by atoms with van der Waals surface area (Å²) in [7, 11) is 0. The van der Waals surface area contributed by atoms with E-state index in [1.807, 2.05) is 30.3 Å². The molecule has 4 rings (SSSR count). The Kier molecular flexibility index (Phi) is 6.36. The summed E-state index contributed by atoms with van der Waals surface area (Å²) in [6.07, 6.45) is 2.58. The fraction of sp³-hybridized carbons (Fsp3) is 0.0400. The van der Waals surface area contributed by atoms with Crippen LogP contribution in [0.3, 0.4) is 0 Å². The molecule has 8 heteroatoms. The van der Waals surface area contributed by atoms with E-state index in [0.717, 1.165) is 11.6 Å². The third-order valence-corrected chi connectivity index (χ3v) is 4.83. The van der Waals surface area contributed by atoms with Crippen molar-refractivity contribution in [2.24, 2.45) is 0 Å². The van der Waals surface area contributed by atoms with Crippen molar-refractivity contribution in [3.63, 3.8) is 0 Å². The number of nitrogens with zero attached hydrogens (tertiary/aromatic N) is 2. The molecule has 0 fully saturated rings. The fourth-order valence-corrected chi connectivity index (χ4v) is 3.27. The summed E-state index contributed by atoms with van der Waals surface area (Å²) >= 11 is 0. The second-order valence-electron chi connectivity index (χ2n) is 7.17. The maximum absolute atomic E-state index is 13.2. The number of halogens is 1. The number of nitrogens with one attached hydrogen (secondary N) is 2. The number of fused-ring (bicyclic) bond motifs is 1. The first-order valence-electron chi connectivity index (χ1n) is 10.1. The van der Waals surface area contributed by atoms with Gasteiger partial charge in [-0.05, 0) is 35.4 Å². The average molecular weight is 442 g/mol. The molecule has 0 saturated carbocycles. The van der Waals surface area contributed by atoms with E-state index in [4.69, 9.17) is 0 Å². The molecule has 0 atom stereocenters. The second kappa shape index (κ2) is 9.69. The van der Waals surface area contributed by atoms with E-state index in [1.165, 1.54) is 29.0 Å². The lowest BCUT2D eigenvalue weighted by molar-refractivity contribution is -0.117. The van der Waals surface area contributed by atoms with Gasteiger partial charge in [0.25, 0.3) is 17.4 Å². The van der Waals surface area contributed by atoms with Gasteiger partial charge in [0.2, 0.25) is 0 Å². The summed E-state index contributed by atoms with van der Waals surface area (Å²) in [6.45, 7) is 0.188. The van der Waals surface area contributed by atoms with Gasteiger partial charge in [-0.1, -0.05) is 60.7 Å². The van der Waals surface area contributed by atoms with Crippen LogP contribution >= 0.6 is 0 Å². The molecule has 2 amide bonds. The molecule has 0 spiro atoms.